The van der Waals surface area contributed by atoms with Crippen molar-refractivity contribution in [3.05, 3.63) is 63.7 Å². The molecule has 1 saturated heterocycles. The molecule has 0 aliphatic carbocycles. The molecule has 3 rings (SSSR count). The number of methoxy groups -OCH3 is 2. The quantitative estimate of drug-likeness (QED) is 0.265. The Morgan fingerprint density at radius 1 is 1.25 bits per heavy atom. The second kappa shape index (κ2) is 11.3. The van der Waals surface area contributed by atoms with Crippen molar-refractivity contribution in [2.24, 2.45) is 10.9 Å². The second-order valence-electron chi connectivity index (χ2n) is 7.67. The number of ether oxygens (including phenoxy) is 3. The Morgan fingerprint density at radius 2 is 2.03 bits per heavy atom. The van der Waals surface area contributed by atoms with Crippen LogP contribution in [0.4, 0.5) is 5.69 Å². The number of guanidine groups is 1. The molecule has 0 amide bonds. The van der Waals surface area contributed by atoms with Gasteiger partial charge in [-0.15, -0.1) is 0 Å². The lowest BCUT2D eigenvalue weighted by Gasteiger charge is -2.22. The largest absolute Gasteiger partial charge is 0.497 e. The average molecular weight is 443 g/mol. The number of nitrogens with one attached hydrogen (secondary N) is 2. The van der Waals surface area contributed by atoms with E-state index in [1.165, 1.54) is 12.1 Å². The van der Waals surface area contributed by atoms with E-state index in [0.29, 0.717) is 18.4 Å². The Labute approximate surface area is 187 Å². The summed E-state index contributed by atoms with van der Waals surface area (Å²) in [5.74, 6) is 2.58. The number of hydrogen-bond donors (Lipinski definition) is 2. The van der Waals surface area contributed by atoms with Crippen LogP contribution in [0.1, 0.15) is 30.5 Å². The van der Waals surface area contributed by atoms with Crippen LogP contribution in [0.5, 0.6) is 11.5 Å². The molecule has 2 atom stereocenters. The third-order valence-electron chi connectivity index (χ3n) is 5.41. The van der Waals surface area contributed by atoms with E-state index in [2.05, 4.69) is 10.6 Å². The zero-order valence-corrected chi connectivity index (χ0v) is 18.7. The molecule has 0 saturated carbocycles. The van der Waals surface area contributed by atoms with Crippen molar-refractivity contribution in [2.75, 3.05) is 34.0 Å². The van der Waals surface area contributed by atoms with Crippen LogP contribution < -0.4 is 20.1 Å². The number of non-ortho nitro benzene ring substituents is 1. The van der Waals surface area contributed by atoms with E-state index in [0.717, 1.165) is 48.8 Å². The minimum Gasteiger partial charge on any atom is -0.497 e. The highest BCUT2D eigenvalue weighted by Crippen LogP contribution is 2.29. The number of aliphatic imine (C=N–C) groups is 1. The highest BCUT2D eigenvalue weighted by atomic mass is 16.6. The maximum atomic E-state index is 10.9. The first-order valence-corrected chi connectivity index (χ1v) is 10.6. The van der Waals surface area contributed by atoms with Gasteiger partial charge in [0.05, 0.1) is 38.3 Å². The third kappa shape index (κ3) is 6.34. The van der Waals surface area contributed by atoms with Gasteiger partial charge in [0.15, 0.2) is 5.96 Å². The summed E-state index contributed by atoms with van der Waals surface area (Å²) in [6, 6.07) is 12.0. The summed E-state index contributed by atoms with van der Waals surface area (Å²) < 4.78 is 16.4. The summed E-state index contributed by atoms with van der Waals surface area (Å²) >= 11 is 0. The molecule has 32 heavy (non-hydrogen) atoms. The Bertz CT molecular complexity index is 926. The van der Waals surface area contributed by atoms with E-state index in [-0.39, 0.29) is 11.7 Å². The fourth-order valence-electron chi connectivity index (χ4n) is 3.49. The summed E-state index contributed by atoms with van der Waals surface area (Å²) in [5.41, 5.74) is 1.89. The highest BCUT2D eigenvalue weighted by Gasteiger charge is 2.18. The molecule has 0 radical (unpaired) electrons. The molecule has 172 valence electrons. The Hall–Kier alpha value is -3.33. The summed E-state index contributed by atoms with van der Waals surface area (Å²) in [7, 11) is 3.27. The second-order valence-corrected chi connectivity index (χ2v) is 7.67. The lowest BCUT2D eigenvalue weighted by atomic mass is 10.1. The standard InChI is InChI=1S/C23H30N4O5/c1-16(21-12-20(30-2)8-9-22(21)31-3)26-23(25-14-18-10-11-32-15-18)24-13-17-4-6-19(7-5-17)27(28)29/h4-9,12,16,18H,10-11,13-15H2,1-3H3,(H2,24,25,26). The molecule has 1 aliphatic heterocycles. The summed E-state index contributed by atoms with van der Waals surface area (Å²) in [5, 5.41) is 17.7. The molecule has 1 aliphatic rings. The predicted molar refractivity (Wildman–Crippen MR) is 122 cm³/mol. The van der Waals surface area contributed by atoms with Crippen LogP contribution in [0, 0.1) is 16.0 Å². The third-order valence-corrected chi connectivity index (χ3v) is 5.41. The van der Waals surface area contributed by atoms with E-state index in [9.17, 15) is 10.1 Å². The minimum absolute atomic E-state index is 0.0641. The predicted octanol–water partition coefficient (Wildman–Crippen LogP) is 3.44. The van der Waals surface area contributed by atoms with Gasteiger partial charge in [0.1, 0.15) is 11.5 Å². The van der Waals surface area contributed by atoms with Gasteiger partial charge in [-0.1, -0.05) is 12.1 Å². The summed E-state index contributed by atoms with van der Waals surface area (Å²) in [6.45, 7) is 4.68. The summed E-state index contributed by atoms with van der Waals surface area (Å²) in [4.78, 5) is 15.2. The highest BCUT2D eigenvalue weighted by molar-refractivity contribution is 5.80. The first-order valence-electron chi connectivity index (χ1n) is 10.6. The van der Waals surface area contributed by atoms with E-state index in [1.54, 1.807) is 26.4 Å². The number of nitro groups is 1. The zero-order chi connectivity index (χ0) is 22.9. The van der Waals surface area contributed by atoms with Crippen LogP contribution in [0.25, 0.3) is 0 Å². The van der Waals surface area contributed by atoms with Gasteiger partial charge < -0.3 is 24.8 Å². The molecule has 0 bridgehead atoms. The molecule has 2 unspecified atom stereocenters. The van der Waals surface area contributed by atoms with Gasteiger partial charge in [-0.2, -0.15) is 0 Å². The lowest BCUT2D eigenvalue weighted by Crippen LogP contribution is -2.41. The smallest absolute Gasteiger partial charge is 0.269 e. The van der Waals surface area contributed by atoms with Crippen LogP contribution in [0.15, 0.2) is 47.5 Å². The Morgan fingerprint density at radius 3 is 2.66 bits per heavy atom. The lowest BCUT2D eigenvalue weighted by molar-refractivity contribution is -0.384. The molecule has 9 nitrogen and oxygen atoms in total. The van der Waals surface area contributed by atoms with E-state index in [4.69, 9.17) is 19.2 Å². The van der Waals surface area contributed by atoms with Gasteiger partial charge in [-0.3, -0.25) is 10.1 Å². The van der Waals surface area contributed by atoms with Gasteiger partial charge in [0.25, 0.3) is 5.69 Å². The maximum Gasteiger partial charge on any atom is 0.269 e. The van der Waals surface area contributed by atoms with Gasteiger partial charge >= 0.3 is 0 Å². The number of benzene rings is 2. The first-order chi connectivity index (χ1) is 15.5. The zero-order valence-electron chi connectivity index (χ0n) is 18.7. The van der Waals surface area contributed by atoms with Crippen LogP contribution >= 0.6 is 0 Å². The Balaban J connectivity index is 1.75. The van der Waals surface area contributed by atoms with Crippen molar-refractivity contribution < 1.29 is 19.1 Å². The van der Waals surface area contributed by atoms with Crippen LogP contribution in [0.3, 0.4) is 0 Å². The molecular weight excluding hydrogens is 412 g/mol. The van der Waals surface area contributed by atoms with E-state index in [1.807, 2.05) is 25.1 Å². The molecular formula is C23H30N4O5. The Kier molecular flexibility index (Phi) is 8.27. The number of nitro benzene ring substituents is 1. The fourth-order valence-corrected chi connectivity index (χ4v) is 3.49. The average Bonchev–Trinajstić information content (AvgIpc) is 3.34. The summed E-state index contributed by atoms with van der Waals surface area (Å²) in [6.07, 6.45) is 1.02. The minimum atomic E-state index is -0.408. The molecule has 2 aromatic carbocycles. The van der Waals surface area contributed by atoms with Gasteiger partial charge in [-0.05, 0) is 37.1 Å². The molecule has 1 fully saturated rings. The molecule has 0 spiro atoms. The monoisotopic (exact) mass is 442 g/mol. The molecule has 2 aromatic rings. The van der Waals surface area contributed by atoms with Crippen LogP contribution in [0.2, 0.25) is 0 Å². The first kappa shape index (κ1) is 23.3. The van der Waals surface area contributed by atoms with Crippen molar-refractivity contribution in [3.8, 4) is 11.5 Å². The number of nitrogens with zero attached hydrogens (tertiary/aromatic N) is 2. The molecule has 2 N–H and O–H groups in total. The molecule has 1 heterocycles. The number of rotatable bonds is 9. The normalized spacial score (nSPS) is 17.0. The topological polar surface area (TPSA) is 107 Å². The van der Waals surface area contributed by atoms with Crippen molar-refractivity contribution >= 4 is 11.6 Å². The van der Waals surface area contributed by atoms with Crippen molar-refractivity contribution in [3.63, 3.8) is 0 Å². The molecule has 0 aromatic heterocycles. The van der Waals surface area contributed by atoms with Gasteiger partial charge in [-0.25, -0.2) is 4.99 Å². The van der Waals surface area contributed by atoms with E-state index >= 15 is 0 Å². The van der Waals surface area contributed by atoms with Crippen LogP contribution in [-0.2, 0) is 11.3 Å². The number of hydrogen-bond acceptors (Lipinski definition) is 6. The van der Waals surface area contributed by atoms with Crippen molar-refractivity contribution in [1.29, 1.82) is 0 Å². The van der Waals surface area contributed by atoms with Crippen LogP contribution in [-0.4, -0.2) is 44.9 Å². The van der Waals surface area contributed by atoms with Crippen molar-refractivity contribution in [1.82, 2.24) is 10.6 Å². The van der Waals surface area contributed by atoms with Crippen molar-refractivity contribution in [2.45, 2.75) is 25.9 Å². The van der Waals surface area contributed by atoms with Gasteiger partial charge in [0, 0.05) is 36.8 Å². The SMILES string of the molecule is COc1ccc(OC)c(C(C)NC(=NCc2ccc([N+](=O)[O-])cc2)NCC2CCOC2)c1. The fraction of sp³-hybridized carbons (Fsp3) is 0.435. The van der Waals surface area contributed by atoms with E-state index < -0.39 is 4.92 Å². The maximum absolute atomic E-state index is 10.9. The molecule has 9 heteroatoms. The van der Waals surface area contributed by atoms with Gasteiger partial charge in [0.2, 0.25) is 0 Å².